The zero-order valence-electron chi connectivity index (χ0n) is 17.0. The second-order valence-corrected chi connectivity index (χ2v) is 8.34. The molecular weight excluding hydrogens is 401 g/mol. The Hall–Kier alpha value is -1.43. The molecule has 0 saturated carbocycles. The Labute approximate surface area is 180 Å². The third kappa shape index (κ3) is 6.03. The van der Waals surface area contributed by atoms with E-state index < -0.39 is 0 Å². The van der Waals surface area contributed by atoms with Crippen LogP contribution < -0.4 is 0 Å². The monoisotopic (exact) mass is 431 g/mol. The lowest BCUT2D eigenvalue weighted by molar-refractivity contribution is 0.147. The van der Waals surface area contributed by atoms with E-state index >= 15 is 0 Å². The first-order chi connectivity index (χ1) is 14.3. The van der Waals surface area contributed by atoms with Crippen molar-refractivity contribution in [2.45, 2.75) is 23.1 Å². The fraction of sp³-hybridized carbons (Fsp3) is 0.409. The summed E-state index contributed by atoms with van der Waals surface area (Å²) >= 11 is 1.80. The van der Waals surface area contributed by atoms with Crippen LogP contribution in [-0.4, -0.2) is 66.7 Å². The molecule has 1 unspecified atom stereocenters. The molecule has 156 valence electrons. The van der Waals surface area contributed by atoms with Gasteiger partial charge in [0.25, 0.3) is 0 Å². The van der Waals surface area contributed by atoms with E-state index in [1.807, 2.05) is 0 Å². The van der Waals surface area contributed by atoms with Crippen LogP contribution in [0.15, 0.2) is 63.3 Å². The summed E-state index contributed by atoms with van der Waals surface area (Å²) in [5.41, 5.74) is 2.26. The van der Waals surface area contributed by atoms with Gasteiger partial charge >= 0.3 is 0 Å². The predicted octanol–water partition coefficient (Wildman–Crippen LogP) is 4.04. The fourth-order valence-electron chi connectivity index (χ4n) is 3.35. The first-order valence-corrected chi connectivity index (χ1v) is 11.4. The average molecular weight is 432 g/mol. The molecule has 2 heterocycles. The van der Waals surface area contributed by atoms with Crippen molar-refractivity contribution in [3.8, 4) is 0 Å². The zero-order valence-corrected chi connectivity index (χ0v) is 18.9. The van der Waals surface area contributed by atoms with E-state index in [0.717, 1.165) is 57.3 Å². The summed E-state index contributed by atoms with van der Waals surface area (Å²) in [6.07, 6.45) is 1.10. The first kappa shape index (κ1) is 22.3. The molecule has 2 aromatic rings. The lowest BCUT2D eigenvalue weighted by atomic mass is 10.1. The molecule has 0 bridgehead atoms. The van der Waals surface area contributed by atoms with Gasteiger partial charge in [0, 0.05) is 64.2 Å². The van der Waals surface area contributed by atoms with Crippen molar-refractivity contribution in [2.75, 3.05) is 45.9 Å². The van der Waals surface area contributed by atoms with Gasteiger partial charge in [-0.3, -0.25) is 4.90 Å². The van der Waals surface area contributed by atoms with E-state index in [-0.39, 0.29) is 6.61 Å². The summed E-state index contributed by atoms with van der Waals surface area (Å²) in [5, 5.41) is 9.13. The second kappa shape index (κ2) is 11.7. The Morgan fingerprint density at radius 3 is 2.38 bits per heavy atom. The minimum Gasteiger partial charge on any atom is -0.395 e. The van der Waals surface area contributed by atoms with Crippen LogP contribution in [0.2, 0.25) is 0 Å². The molecule has 1 atom stereocenters. The molecule has 2 aliphatic heterocycles. The molecule has 29 heavy (non-hydrogen) atoms. The molecule has 4 rings (SSSR count). The number of hydrogen-bond donors (Lipinski definition) is 1. The van der Waals surface area contributed by atoms with Gasteiger partial charge in [-0.1, -0.05) is 49.0 Å². The van der Waals surface area contributed by atoms with Crippen molar-refractivity contribution < 1.29 is 9.63 Å². The van der Waals surface area contributed by atoms with Crippen molar-refractivity contribution in [3.05, 3.63) is 54.1 Å². The highest BCUT2D eigenvalue weighted by Crippen LogP contribution is 2.40. The molecule has 0 radical (unpaired) electrons. The molecule has 0 amide bonds. The maximum absolute atomic E-state index is 9.13. The fourth-order valence-corrected chi connectivity index (χ4v) is 4.61. The highest BCUT2D eigenvalue weighted by Gasteiger charge is 2.24. The van der Waals surface area contributed by atoms with Gasteiger partial charge in [0.1, 0.15) is 5.84 Å². The Morgan fingerprint density at radius 2 is 1.72 bits per heavy atom. The van der Waals surface area contributed by atoms with Crippen LogP contribution in [0.3, 0.4) is 0 Å². The Balaban J connectivity index is 0.000000431. The lowest BCUT2D eigenvalue weighted by Crippen LogP contribution is -2.49. The topological polar surface area (TPSA) is 48.3 Å². The molecular formula is C22H30N3O2PS. The van der Waals surface area contributed by atoms with Crippen LogP contribution in [-0.2, 0) is 4.52 Å². The van der Waals surface area contributed by atoms with Crippen LogP contribution in [0, 0.1) is 0 Å². The van der Waals surface area contributed by atoms with Gasteiger partial charge in [0.15, 0.2) is 0 Å². The summed E-state index contributed by atoms with van der Waals surface area (Å²) in [6, 6.07) is 16.9. The van der Waals surface area contributed by atoms with Crippen molar-refractivity contribution in [3.63, 3.8) is 0 Å². The molecule has 0 aliphatic carbocycles. The minimum atomic E-state index is 0.230. The lowest BCUT2D eigenvalue weighted by Gasteiger charge is -2.36. The van der Waals surface area contributed by atoms with Crippen molar-refractivity contribution in [1.82, 2.24) is 9.80 Å². The summed E-state index contributed by atoms with van der Waals surface area (Å²) in [7, 11) is 2.20. The molecule has 0 spiro atoms. The van der Waals surface area contributed by atoms with E-state index in [9.17, 15) is 0 Å². The summed E-state index contributed by atoms with van der Waals surface area (Å²) < 4.78 is 4.61. The van der Waals surface area contributed by atoms with Gasteiger partial charge in [0.05, 0.1) is 12.3 Å². The number of benzene rings is 2. The van der Waals surface area contributed by atoms with Gasteiger partial charge in [-0.15, -0.1) is 0 Å². The SMILES string of the molecule is CCCOP.OCCN1CCN(C2=Nc3ccccc3Sc3ccccc32)CC1. The summed E-state index contributed by atoms with van der Waals surface area (Å²) in [6.45, 7) is 7.74. The molecule has 5 nitrogen and oxygen atoms in total. The third-order valence-corrected chi connectivity index (χ3v) is 6.23. The van der Waals surface area contributed by atoms with Gasteiger partial charge in [-0.2, -0.15) is 0 Å². The van der Waals surface area contributed by atoms with Crippen molar-refractivity contribution in [2.24, 2.45) is 4.99 Å². The quantitative estimate of drug-likeness (QED) is 0.741. The third-order valence-electron chi connectivity index (χ3n) is 4.85. The number of fused-ring (bicyclic) bond motifs is 2. The molecule has 1 N–H and O–H groups in total. The number of aliphatic hydroxyl groups is 1. The summed E-state index contributed by atoms with van der Waals surface area (Å²) in [4.78, 5) is 12.2. The highest BCUT2D eigenvalue weighted by molar-refractivity contribution is 7.99. The molecule has 2 aliphatic rings. The van der Waals surface area contributed by atoms with E-state index in [1.54, 1.807) is 11.8 Å². The average Bonchev–Trinajstić information content (AvgIpc) is 2.92. The Morgan fingerprint density at radius 1 is 1.03 bits per heavy atom. The number of nitrogens with zero attached hydrogens (tertiary/aromatic N) is 3. The van der Waals surface area contributed by atoms with Crippen LogP contribution in [0.1, 0.15) is 18.9 Å². The second-order valence-electron chi connectivity index (χ2n) is 6.92. The number of piperazine rings is 1. The number of rotatable bonds is 4. The van der Waals surface area contributed by atoms with Crippen LogP contribution >= 0.6 is 21.2 Å². The largest absolute Gasteiger partial charge is 0.395 e. The maximum Gasteiger partial charge on any atom is 0.137 e. The smallest absolute Gasteiger partial charge is 0.137 e. The van der Waals surface area contributed by atoms with Gasteiger partial charge < -0.3 is 14.5 Å². The van der Waals surface area contributed by atoms with E-state index in [0.29, 0.717) is 0 Å². The molecule has 1 fully saturated rings. The van der Waals surface area contributed by atoms with Crippen molar-refractivity contribution >= 4 is 32.8 Å². The van der Waals surface area contributed by atoms with Crippen LogP contribution in [0.5, 0.6) is 0 Å². The van der Waals surface area contributed by atoms with Gasteiger partial charge in [0.2, 0.25) is 0 Å². The predicted molar refractivity (Wildman–Crippen MR) is 124 cm³/mol. The number of amidine groups is 1. The van der Waals surface area contributed by atoms with E-state index in [4.69, 9.17) is 10.1 Å². The van der Waals surface area contributed by atoms with Crippen LogP contribution in [0.25, 0.3) is 0 Å². The van der Waals surface area contributed by atoms with Gasteiger partial charge in [-0.25, -0.2) is 4.99 Å². The molecule has 0 aromatic heterocycles. The number of β-amino-alcohol motifs (C(OH)–C–C–N with tert-alkyl or cyclic N) is 1. The number of aliphatic imine (C=N–C) groups is 1. The molecule has 1 saturated heterocycles. The van der Waals surface area contributed by atoms with Gasteiger partial charge in [-0.05, 0) is 24.6 Å². The normalized spacial score (nSPS) is 16.1. The zero-order chi connectivity index (χ0) is 20.5. The minimum absolute atomic E-state index is 0.230. The molecule has 7 heteroatoms. The van der Waals surface area contributed by atoms with E-state index in [2.05, 4.69) is 79.2 Å². The standard InChI is InChI=1S/C19H21N3OS.C3H9OP/c23-14-13-21-9-11-22(12-10-21)19-15-5-1-3-7-17(15)24-18-8-4-2-6-16(18)20-19;1-2-3-4-5/h1-8,23H,9-14H2;2-3,5H2,1H3. The Bertz CT molecular complexity index is 808. The highest BCUT2D eigenvalue weighted by atomic mass is 32.2. The summed E-state index contributed by atoms with van der Waals surface area (Å²) in [5.74, 6) is 1.08. The Kier molecular flexibility index (Phi) is 8.96. The number of para-hydroxylation sites is 1. The maximum atomic E-state index is 9.13. The first-order valence-electron chi connectivity index (χ1n) is 10.1. The van der Waals surface area contributed by atoms with E-state index in [1.165, 1.54) is 15.4 Å². The number of hydrogen-bond acceptors (Lipinski definition) is 6. The number of aliphatic hydroxyl groups excluding tert-OH is 1. The molecule has 2 aromatic carbocycles. The van der Waals surface area contributed by atoms with Crippen LogP contribution in [0.4, 0.5) is 5.69 Å². The van der Waals surface area contributed by atoms with Crippen molar-refractivity contribution in [1.29, 1.82) is 0 Å².